The number of aliphatic hydroxyl groups excluding tert-OH is 2. The number of ether oxygens (including phenoxy) is 1. The van der Waals surface area contributed by atoms with Gasteiger partial charge in [0, 0.05) is 12.6 Å². The van der Waals surface area contributed by atoms with Gasteiger partial charge < -0.3 is 20.4 Å². The Hall–Kier alpha value is -1.92. The van der Waals surface area contributed by atoms with E-state index in [2.05, 4.69) is 16.8 Å². The number of hydrogen-bond donors (Lipinski definition) is 3. The van der Waals surface area contributed by atoms with Gasteiger partial charge in [0.25, 0.3) is 5.56 Å². The van der Waals surface area contributed by atoms with Gasteiger partial charge >= 0.3 is 5.69 Å². The van der Waals surface area contributed by atoms with E-state index in [4.69, 9.17) is 9.84 Å². The summed E-state index contributed by atoms with van der Waals surface area (Å²) in [5.74, 6) is 5.16. The molecule has 5 N–H and O–H groups in total. The largest absolute Gasteiger partial charge is 0.412 e. The number of nitrogens with one attached hydrogen (secondary N) is 1. The lowest BCUT2D eigenvalue weighted by Gasteiger charge is -2.14. The maximum Gasteiger partial charge on any atom is 0.330 e. The van der Waals surface area contributed by atoms with Crippen LogP contribution in [0.1, 0.15) is 25.1 Å². The Morgan fingerprint density at radius 1 is 1.55 bits per heavy atom. The molecule has 2 rings (SSSR count). The number of nitrogens with zero attached hydrogens (tertiary/aromatic N) is 1. The molecule has 20 heavy (non-hydrogen) atoms. The first-order valence-electron chi connectivity index (χ1n) is 5.79. The van der Waals surface area contributed by atoms with Crippen molar-refractivity contribution in [3.8, 4) is 11.8 Å². The van der Waals surface area contributed by atoms with E-state index in [1.807, 2.05) is 0 Å². The zero-order valence-electron chi connectivity index (χ0n) is 10.8. The fraction of sp³-hybridized carbons (Fsp3) is 0.500. The second-order valence-corrected chi connectivity index (χ2v) is 4.20. The summed E-state index contributed by atoms with van der Waals surface area (Å²) in [7, 11) is 0. The number of hydrogen-bond acceptors (Lipinski definition) is 5. The van der Waals surface area contributed by atoms with Crippen molar-refractivity contribution in [2.45, 2.75) is 31.8 Å². The molecule has 1 aliphatic heterocycles. The highest BCUT2D eigenvalue weighted by Gasteiger charge is 2.35. The van der Waals surface area contributed by atoms with E-state index in [-0.39, 0.29) is 24.1 Å². The molecule has 0 radical (unpaired) electrons. The standard InChI is InChI=1S/C12H14N2O5.H2O/c1-2-3-7-5-14(12(18)13-11(7)17)10-4-8(16)9(6-15)19-10;/h5,8-10,15-16H,4,6H2,1H3,(H,13,17,18);1H2/t8?,9-,10-;/m0./s1. The van der Waals surface area contributed by atoms with Crippen molar-refractivity contribution in [3.05, 3.63) is 32.6 Å². The minimum Gasteiger partial charge on any atom is -0.412 e. The van der Waals surface area contributed by atoms with Gasteiger partial charge in [-0.3, -0.25) is 14.3 Å². The Bertz CT molecular complexity index is 638. The Morgan fingerprint density at radius 2 is 2.25 bits per heavy atom. The quantitative estimate of drug-likeness (QED) is 0.526. The fourth-order valence-electron chi connectivity index (χ4n) is 1.97. The van der Waals surface area contributed by atoms with E-state index in [0.717, 1.165) is 0 Å². The highest BCUT2D eigenvalue weighted by atomic mass is 16.5. The predicted octanol–water partition coefficient (Wildman–Crippen LogP) is -2.28. The molecule has 1 unspecified atom stereocenters. The van der Waals surface area contributed by atoms with Gasteiger partial charge in [0.1, 0.15) is 17.9 Å². The predicted molar refractivity (Wildman–Crippen MR) is 69.1 cm³/mol. The number of aromatic amines is 1. The molecule has 1 aromatic heterocycles. The number of rotatable bonds is 2. The van der Waals surface area contributed by atoms with Crippen LogP contribution < -0.4 is 11.2 Å². The first-order valence-corrected chi connectivity index (χ1v) is 5.79. The minimum absolute atomic E-state index is 0. The molecule has 3 atom stereocenters. The first-order chi connectivity index (χ1) is 9.06. The lowest BCUT2D eigenvalue weighted by atomic mass is 10.2. The number of aromatic nitrogens is 2. The van der Waals surface area contributed by atoms with Crippen molar-refractivity contribution in [2.24, 2.45) is 0 Å². The molecule has 2 heterocycles. The van der Waals surface area contributed by atoms with E-state index in [0.29, 0.717) is 0 Å². The lowest BCUT2D eigenvalue weighted by Crippen LogP contribution is -2.33. The Morgan fingerprint density at radius 3 is 2.80 bits per heavy atom. The van der Waals surface area contributed by atoms with Crippen LogP contribution in [0.4, 0.5) is 0 Å². The monoisotopic (exact) mass is 284 g/mol. The molecule has 1 aromatic rings. The van der Waals surface area contributed by atoms with Crippen molar-refractivity contribution in [3.63, 3.8) is 0 Å². The van der Waals surface area contributed by atoms with Crippen LogP contribution in [0, 0.1) is 11.8 Å². The van der Waals surface area contributed by atoms with Crippen LogP contribution in [0.3, 0.4) is 0 Å². The molecule has 0 aromatic carbocycles. The summed E-state index contributed by atoms with van der Waals surface area (Å²) in [6, 6.07) is 0. The van der Waals surface area contributed by atoms with E-state index in [9.17, 15) is 14.7 Å². The molecule has 1 fully saturated rings. The molecule has 0 spiro atoms. The molecule has 110 valence electrons. The highest BCUT2D eigenvalue weighted by molar-refractivity contribution is 5.28. The average Bonchev–Trinajstić information content (AvgIpc) is 2.74. The topological polar surface area (TPSA) is 136 Å². The second-order valence-electron chi connectivity index (χ2n) is 4.20. The van der Waals surface area contributed by atoms with Gasteiger partial charge in [0.05, 0.1) is 12.7 Å². The van der Waals surface area contributed by atoms with Gasteiger partial charge in [-0.15, -0.1) is 5.92 Å². The minimum atomic E-state index is -0.852. The summed E-state index contributed by atoms with van der Waals surface area (Å²) >= 11 is 0. The summed E-state index contributed by atoms with van der Waals surface area (Å²) in [6.07, 6.45) is -0.849. The van der Waals surface area contributed by atoms with Gasteiger partial charge in [-0.05, 0) is 6.92 Å². The van der Waals surface area contributed by atoms with Gasteiger partial charge in [-0.2, -0.15) is 0 Å². The molecule has 8 heteroatoms. The molecule has 0 amide bonds. The van der Waals surface area contributed by atoms with Crippen molar-refractivity contribution in [2.75, 3.05) is 6.61 Å². The van der Waals surface area contributed by atoms with Crippen molar-refractivity contribution in [1.29, 1.82) is 0 Å². The number of H-pyrrole nitrogens is 1. The summed E-state index contributed by atoms with van der Waals surface area (Å²) in [5.41, 5.74) is -1.05. The third-order valence-corrected chi connectivity index (χ3v) is 2.92. The van der Waals surface area contributed by atoms with Crippen LogP contribution in [0.5, 0.6) is 0 Å². The van der Waals surface area contributed by atoms with Gasteiger partial charge in [0.15, 0.2) is 0 Å². The summed E-state index contributed by atoms with van der Waals surface area (Å²) in [5, 5.41) is 18.6. The van der Waals surface area contributed by atoms with Crippen molar-refractivity contribution in [1.82, 2.24) is 9.55 Å². The molecule has 0 aliphatic carbocycles. The van der Waals surface area contributed by atoms with E-state index < -0.39 is 29.7 Å². The Labute approximate surface area is 113 Å². The van der Waals surface area contributed by atoms with Crippen LogP contribution in [-0.2, 0) is 4.74 Å². The molecule has 1 aliphatic rings. The van der Waals surface area contributed by atoms with Gasteiger partial charge in [-0.1, -0.05) is 5.92 Å². The van der Waals surface area contributed by atoms with Crippen LogP contribution in [-0.4, -0.2) is 44.1 Å². The maximum absolute atomic E-state index is 11.7. The molecule has 0 bridgehead atoms. The molecular weight excluding hydrogens is 268 g/mol. The van der Waals surface area contributed by atoms with Crippen molar-refractivity contribution < 1.29 is 20.4 Å². The normalized spacial score (nSPS) is 24.6. The maximum atomic E-state index is 11.7. The molecule has 8 nitrogen and oxygen atoms in total. The second kappa shape index (κ2) is 6.49. The van der Waals surface area contributed by atoms with Crippen LogP contribution in [0.15, 0.2) is 15.8 Å². The van der Waals surface area contributed by atoms with Crippen LogP contribution >= 0.6 is 0 Å². The van der Waals surface area contributed by atoms with Crippen LogP contribution in [0.25, 0.3) is 0 Å². The fourth-order valence-corrected chi connectivity index (χ4v) is 1.97. The Balaban J connectivity index is 0.00000200. The summed E-state index contributed by atoms with van der Waals surface area (Å²) in [4.78, 5) is 25.3. The van der Waals surface area contributed by atoms with E-state index >= 15 is 0 Å². The SMILES string of the molecule is CC#Cc1cn([C@@H]2CC(O)[C@H](CO)O2)c(=O)[nH]c1=O.O. The number of aliphatic hydroxyl groups is 2. The summed E-state index contributed by atoms with van der Waals surface area (Å²) in [6.45, 7) is 1.24. The average molecular weight is 284 g/mol. The smallest absolute Gasteiger partial charge is 0.330 e. The molecular formula is C12H16N2O6. The zero-order valence-corrected chi connectivity index (χ0v) is 10.8. The Kier molecular flexibility index (Phi) is 5.24. The van der Waals surface area contributed by atoms with Gasteiger partial charge in [-0.25, -0.2) is 4.79 Å². The molecule has 0 saturated carbocycles. The highest BCUT2D eigenvalue weighted by Crippen LogP contribution is 2.27. The third kappa shape index (κ3) is 2.97. The summed E-state index contributed by atoms with van der Waals surface area (Å²) < 4.78 is 6.52. The van der Waals surface area contributed by atoms with E-state index in [1.165, 1.54) is 10.8 Å². The zero-order chi connectivity index (χ0) is 14.0. The first kappa shape index (κ1) is 16.1. The third-order valence-electron chi connectivity index (χ3n) is 2.92. The van der Waals surface area contributed by atoms with Crippen molar-refractivity contribution >= 4 is 0 Å². The lowest BCUT2D eigenvalue weighted by molar-refractivity contribution is -0.0459. The molecule has 1 saturated heterocycles. The van der Waals surface area contributed by atoms with E-state index in [1.54, 1.807) is 6.92 Å². The van der Waals surface area contributed by atoms with Crippen LogP contribution in [0.2, 0.25) is 0 Å². The van der Waals surface area contributed by atoms with Gasteiger partial charge in [0.2, 0.25) is 0 Å².